The molecule has 0 radical (unpaired) electrons. The van der Waals surface area contributed by atoms with E-state index in [1.165, 1.54) is 30.3 Å². The van der Waals surface area contributed by atoms with Crippen LogP contribution in [0.1, 0.15) is 12.0 Å². The van der Waals surface area contributed by atoms with Crippen LogP contribution in [0.5, 0.6) is 0 Å². The molecule has 0 bridgehead atoms. The third-order valence-corrected chi connectivity index (χ3v) is 6.49. The van der Waals surface area contributed by atoms with Gasteiger partial charge in [-0.2, -0.15) is 13.2 Å². The quantitative estimate of drug-likeness (QED) is 0.732. The van der Waals surface area contributed by atoms with Crippen LogP contribution in [-0.2, 0) is 16.2 Å². The lowest BCUT2D eigenvalue weighted by Crippen LogP contribution is -2.26. The molecule has 0 aliphatic rings. The van der Waals surface area contributed by atoms with Crippen molar-refractivity contribution in [3.8, 4) is 10.4 Å². The number of rotatable bonds is 7. The molecule has 25 heavy (non-hydrogen) atoms. The van der Waals surface area contributed by atoms with Crippen molar-refractivity contribution in [3.05, 3.63) is 42.0 Å². The molecule has 0 saturated carbocycles. The standard InChI is InChI=1S/C16H19F3N2O2S2/c1-21(2)11-5-10-20-25(22,23)15-9-8-14(24-15)12-6-3-4-7-13(12)16(17,18)19/h3-4,6-9,20H,5,10-11H2,1-2H3. The molecular weight excluding hydrogens is 373 g/mol. The number of halogens is 3. The summed E-state index contributed by atoms with van der Waals surface area (Å²) in [6.45, 7) is 1.00. The molecule has 1 aromatic heterocycles. The Labute approximate surface area is 149 Å². The maximum atomic E-state index is 13.1. The fourth-order valence-corrected chi connectivity index (χ4v) is 4.69. The Bertz CT molecular complexity index is 815. The van der Waals surface area contributed by atoms with Gasteiger partial charge in [-0.3, -0.25) is 0 Å². The summed E-state index contributed by atoms with van der Waals surface area (Å²) in [7, 11) is 0.0491. The number of sulfonamides is 1. The van der Waals surface area contributed by atoms with Gasteiger partial charge in [0.1, 0.15) is 4.21 Å². The van der Waals surface area contributed by atoms with Gasteiger partial charge < -0.3 is 4.90 Å². The number of nitrogens with one attached hydrogen (secondary N) is 1. The highest BCUT2D eigenvalue weighted by atomic mass is 32.2. The third kappa shape index (κ3) is 5.27. The van der Waals surface area contributed by atoms with Crippen molar-refractivity contribution in [2.24, 2.45) is 0 Å². The molecule has 4 nitrogen and oxygen atoms in total. The average molecular weight is 392 g/mol. The SMILES string of the molecule is CN(C)CCCNS(=O)(=O)c1ccc(-c2ccccc2C(F)(F)F)s1. The van der Waals surface area contributed by atoms with Gasteiger partial charge in [0.05, 0.1) is 5.56 Å². The molecule has 0 atom stereocenters. The molecule has 0 aliphatic heterocycles. The second-order valence-corrected chi connectivity index (χ2v) is 8.79. The summed E-state index contributed by atoms with van der Waals surface area (Å²) in [6, 6.07) is 7.88. The fourth-order valence-electron chi connectivity index (χ4n) is 2.23. The maximum Gasteiger partial charge on any atom is 0.417 e. The van der Waals surface area contributed by atoms with Gasteiger partial charge in [-0.15, -0.1) is 11.3 Å². The van der Waals surface area contributed by atoms with Crippen molar-refractivity contribution >= 4 is 21.4 Å². The first-order valence-corrected chi connectivity index (χ1v) is 9.82. The topological polar surface area (TPSA) is 49.4 Å². The van der Waals surface area contributed by atoms with E-state index in [0.29, 0.717) is 6.42 Å². The molecule has 1 aromatic carbocycles. The molecule has 9 heteroatoms. The molecule has 138 valence electrons. The maximum absolute atomic E-state index is 13.1. The molecule has 0 saturated heterocycles. The predicted molar refractivity (Wildman–Crippen MR) is 93.1 cm³/mol. The lowest BCUT2D eigenvalue weighted by Gasteiger charge is -2.11. The van der Waals surface area contributed by atoms with Crippen molar-refractivity contribution in [2.45, 2.75) is 16.8 Å². The highest BCUT2D eigenvalue weighted by Gasteiger charge is 2.33. The summed E-state index contributed by atoms with van der Waals surface area (Å²) >= 11 is 0.827. The molecule has 0 aliphatic carbocycles. The Balaban J connectivity index is 2.20. The summed E-state index contributed by atoms with van der Waals surface area (Å²) in [6.07, 6.45) is -3.86. The minimum atomic E-state index is -4.50. The van der Waals surface area contributed by atoms with Crippen molar-refractivity contribution in [1.82, 2.24) is 9.62 Å². The Kier molecular flexibility index (Phi) is 6.26. The van der Waals surface area contributed by atoms with Gasteiger partial charge in [0.25, 0.3) is 0 Å². The lowest BCUT2D eigenvalue weighted by atomic mass is 10.1. The monoisotopic (exact) mass is 392 g/mol. The second-order valence-electron chi connectivity index (χ2n) is 5.72. The average Bonchev–Trinajstić information content (AvgIpc) is 3.01. The van der Waals surface area contributed by atoms with Gasteiger partial charge in [0, 0.05) is 17.0 Å². The van der Waals surface area contributed by atoms with Crippen LogP contribution in [0.2, 0.25) is 0 Å². The minimum Gasteiger partial charge on any atom is -0.309 e. The van der Waals surface area contributed by atoms with E-state index in [2.05, 4.69) is 4.72 Å². The van der Waals surface area contributed by atoms with Crippen LogP contribution >= 0.6 is 11.3 Å². The number of hydrogen-bond donors (Lipinski definition) is 1. The molecule has 0 amide bonds. The van der Waals surface area contributed by atoms with Crippen molar-refractivity contribution in [1.29, 1.82) is 0 Å². The minimum absolute atomic E-state index is 0.00401. The van der Waals surface area contributed by atoms with Gasteiger partial charge in [-0.05, 0) is 45.3 Å². The normalized spacial score (nSPS) is 12.7. The molecule has 1 N–H and O–H groups in total. The van der Waals surface area contributed by atoms with Crippen LogP contribution in [0.25, 0.3) is 10.4 Å². The van der Waals surface area contributed by atoms with Crippen LogP contribution in [0.3, 0.4) is 0 Å². The van der Waals surface area contributed by atoms with Gasteiger partial charge in [0.15, 0.2) is 0 Å². The molecule has 2 rings (SSSR count). The van der Waals surface area contributed by atoms with E-state index >= 15 is 0 Å². The zero-order valence-corrected chi connectivity index (χ0v) is 15.4. The highest BCUT2D eigenvalue weighted by molar-refractivity contribution is 7.91. The predicted octanol–water partition coefficient (Wildman–Crippen LogP) is 3.66. The van der Waals surface area contributed by atoms with Gasteiger partial charge in [-0.25, -0.2) is 13.1 Å². The van der Waals surface area contributed by atoms with E-state index in [1.54, 1.807) is 0 Å². The zero-order chi connectivity index (χ0) is 18.7. The van der Waals surface area contributed by atoms with E-state index < -0.39 is 21.8 Å². The van der Waals surface area contributed by atoms with Crippen LogP contribution in [-0.4, -0.2) is 40.5 Å². The van der Waals surface area contributed by atoms with Crippen LogP contribution in [0, 0.1) is 0 Å². The number of thiophene rings is 1. The Morgan fingerprint density at radius 3 is 2.44 bits per heavy atom. The van der Waals surface area contributed by atoms with Gasteiger partial charge >= 0.3 is 6.18 Å². The highest BCUT2D eigenvalue weighted by Crippen LogP contribution is 2.40. The molecule has 2 aromatic rings. The largest absolute Gasteiger partial charge is 0.417 e. The Morgan fingerprint density at radius 1 is 1.12 bits per heavy atom. The summed E-state index contributed by atoms with van der Waals surface area (Å²) in [5.41, 5.74) is -0.797. The van der Waals surface area contributed by atoms with E-state index in [1.807, 2.05) is 19.0 Å². The Hall–Kier alpha value is -1.42. The first-order chi connectivity index (χ1) is 11.6. The smallest absolute Gasteiger partial charge is 0.309 e. The van der Waals surface area contributed by atoms with E-state index in [0.717, 1.165) is 23.9 Å². The van der Waals surface area contributed by atoms with Gasteiger partial charge in [0.2, 0.25) is 10.0 Å². The fraction of sp³-hybridized carbons (Fsp3) is 0.375. The van der Waals surface area contributed by atoms with Crippen molar-refractivity contribution in [2.75, 3.05) is 27.2 Å². The molecule has 0 unspecified atom stereocenters. The summed E-state index contributed by atoms with van der Waals surface area (Å²) in [5, 5.41) is 0. The van der Waals surface area contributed by atoms with Crippen molar-refractivity contribution in [3.63, 3.8) is 0 Å². The number of hydrogen-bond acceptors (Lipinski definition) is 4. The second kappa shape index (κ2) is 7.86. The molecule has 0 fully saturated rings. The zero-order valence-electron chi connectivity index (χ0n) is 13.8. The first kappa shape index (κ1) is 19.9. The number of nitrogens with zero attached hydrogens (tertiary/aromatic N) is 1. The molecule has 0 spiro atoms. The Morgan fingerprint density at radius 2 is 1.80 bits per heavy atom. The molecule has 1 heterocycles. The van der Waals surface area contributed by atoms with Crippen LogP contribution in [0.4, 0.5) is 13.2 Å². The van der Waals surface area contributed by atoms with E-state index in [4.69, 9.17) is 0 Å². The first-order valence-electron chi connectivity index (χ1n) is 7.52. The summed E-state index contributed by atoms with van der Waals surface area (Å²) in [5.74, 6) is 0. The van der Waals surface area contributed by atoms with Crippen molar-refractivity contribution < 1.29 is 21.6 Å². The van der Waals surface area contributed by atoms with E-state index in [-0.39, 0.29) is 21.2 Å². The van der Waals surface area contributed by atoms with Crippen LogP contribution in [0.15, 0.2) is 40.6 Å². The van der Waals surface area contributed by atoms with Gasteiger partial charge in [-0.1, -0.05) is 18.2 Å². The summed E-state index contributed by atoms with van der Waals surface area (Å²) in [4.78, 5) is 2.20. The lowest BCUT2D eigenvalue weighted by molar-refractivity contribution is -0.137. The van der Waals surface area contributed by atoms with E-state index in [9.17, 15) is 21.6 Å². The summed E-state index contributed by atoms with van der Waals surface area (Å²) < 4.78 is 66.4. The number of benzene rings is 1. The third-order valence-electron chi connectivity index (χ3n) is 3.42. The molecular formula is C16H19F3N2O2S2. The van der Waals surface area contributed by atoms with Crippen LogP contribution < -0.4 is 4.72 Å². The number of alkyl halides is 3.